The number of alkyl halides is 1. The van der Waals surface area contributed by atoms with Gasteiger partial charge in [0.1, 0.15) is 0 Å². The Kier molecular flexibility index (Phi) is 4.43. The first-order valence-corrected chi connectivity index (χ1v) is 6.71. The van der Waals surface area contributed by atoms with E-state index in [0.29, 0.717) is 10.9 Å². The van der Waals surface area contributed by atoms with Crippen LogP contribution in [0.1, 0.15) is 26.2 Å². The molecule has 1 aliphatic heterocycles. The Balaban J connectivity index is 1.72. The number of hydrogen-bond acceptors (Lipinski definition) is 3. The number of rotatable bonds is 5. The fourth-order valence-corrected chi connectivity index (χ4v) is 2.85. The third-order valence-electron chi connectivity index (χ3n) is 2.95. The Morgan fingerprint density at radius 2 is 2.33 bits per heavy atom. The zero-order chi connectivity index (χ0) is 10.7. The molecule has 2 fully saturated rings. The molecule has 1 aliphatic carbocycles. The van der Waals surface area contributed by atoms with E-state index >= 15 is 0 Å². The van der Waals surface area contributed by atoms with Crippen LogP contribution in [0.25, 0.3) is 0 Å². The molecule has 2 rings (SSSR count). The van der Waals surface area contributed by atoms with Gasteiger partial charge in [-0.15, -0.1) is 0 Å². The van der Waals surface area contributed by atoms with E-state index in [1.807, 2.05) is 0 Å². The molecule has 0 aromatic heterocycles. The second-order valence-electron chi connectivity index (χ2n) is 4.25. The minimum absolute atomic E-state index is 0.241. The van der Waals surface area contributed by atoms with Gasteiger partial charge in [0.2, 0.25) is 0 Å². The van der Waals surface area contributed by atoms with Crippen LogP contribution in [-0.2, 0) is 14.2 Å². The smallest absolute Gasteiger partial charge is 0.0962 e. The number of ether oxygens (including phenoxy) is 3. The molecule has 0 N–H and O–H groups in total. The molecule has 1 heterocycles. The van der Waals surface area contributed by atoms with E-state index in [2.05, 4.69) is 22.9 Å². The van der Waals surface area contributed by atoms with E-state index in [0.717, 1.165) is 39.1 Å². The highest BCUT2D eigenvalue weighted by Crippen LogP contribution is 2.34. The molecule has 3 nitrogen and oxygen atoms in total. The van der Waals surface area contributed by atoms with Crippen LogP contribution in [-0.4, -0.2) is 43.0 Å². The lowest BCUT2D eigenvalue weighted by Crippen LogP contribution is -2.52. The zero-order valence-electron chi connectivity index (χ0n) is 9.15. The molecule has 15 heavy (non-hydrogen) atoms. The summed E-state index contributed by atoms with van der Waals surface area (Å²) in [7, 11) is 0. The van der Waals surface area contributed by atoms with E-state index in [9.17, 15) is 0 Å². The van der Waals surface area contributed by atoms with Crippen molar-refractivity contribution < 1.29 is 14.2 Å². The number of hydrogen-bond donors (Lipinski definition) is 0. The van der Waals surface area contributed by atoms with Crippen molar-refractivity contribution in [3.8, 4) is 0 Å². The summed E-state index contributed by atoms with van der Waals surface area (Å²) in [5.41, 5.74) is 0. The first kappa shape index (κ1) is 11.8. The summed E-state index contributed by atoms with van der Waals surface area (Å²) >= 11 is 3.61. The molecular weight excluding hydrogens is 260 g/mol. The van der Waals surface area contributed by atoms with Gasteiger partial charge in [-0.25, -0.2) is 0 Å². The lowest BCUT2D eigenvalue weighted by Gasteiger charge is -2.42. The maximum atomic E-state index is 5.95. The molecule has 0 spiro atoms. The lowest BCUT2D eigenvalue weighted by molar-refractivity contribution is -0.144. The van der Waals surface area contributed by atoms with Crippen molar-refractivity contribution in [3.05, 3.63) is 0 Å². The molecule has 1 saturated heterocycles. The van der Waals surface area contributed by atoms with E-state index in [1.165, 1.54) is 0 Å². The fraction of sp³-hybridized carbons (Fsp3) is 1.00. The number of halogens is 1. The van der Waals surface area contributed by atoms with Gasteiger partial charge < -0.3 is 14.2 Å². The summed E-state index contributed by atoms with van der Waals surface area (Å²) in [5, 5.41) is 0. The standard InChI is InChI=1S/C11H19BrO3/c1-2-4-14-11-9(12)6-10(11)15-8-3-5-13-7-8/h8-11H,2-7H2,1H3. The normalized spacial score (nSPS) is 40.4. The second kappa shape index (κ2) is 5.62. The Morgan fingerprint density at radius 1 is 1.47 bits per heavy atom. The summed E-state index contributed by atoms with van der Waals surface area (Å²) in [6.45, 7) is 4.55. The summed E-state index contributed by atoms with van der Waals surface area (Å²) in [6, 6.07) is 0. The van der Waals surface area contributed by atoms with Crippen LogP contribution < -0.4 is 0 Å². The van der Waals surface area contributed by atoms with Crippen LogP contribution >= 0.6 is 15.9 Å². The summed E-state index contributed by atoms with van der Waals surface area (Å²) in [4.78, 5) is 0.469. The maximum Gasteiger partial charge on any atom is 0.0962 e. The Labute approximate surface area is 99.6 Å². The van der Waals surface area contributed by atoms with Gasteiger partial charge in [0, 0.05) is 18.0 Å². The van der Waals surface area contributed by atoms with Gasteiger partial charge in [-0.05, 0) is 19.3 Å². The van der Waals surface area contributed by atoms with Crippen molar-refractivity contribution in [2.75, 3.05) is 19.8 Å². The second-order valence-corrected chi connectivity index (χ2v) is 5.42. The van der Waals surface area contributed by atoms with Crippen LogP contribution in [0, 0.1) is 0 Å². The van der Waals surface area contributed by atoms with Crippen LogP contribution in [0.2, 0.25) is 0 Å². The predicted molar refractivity (Wildman–Crippen MR) is 61.5 cm³/mol. The average Bonchev–Trinajstić information content (AvgIpc) is 2.70. The van der Waals surface area contributed by atoms with Crippen LogP contribution in [0.3, 0.4) is 0 Å². The van der Waals surface area contributed by atoms with E-state index < -0.39 is 0 Å². The van der Waals surface area contributed by atoms with Crippen LogP contribution in [0.15, 0.2) is 0 Å². The molecule has 0 bridgehead atoms. The van der Waals surface area contributed by atoms with E-state index in [1.54, 1.807) is 0 Å². The van der Waals surface area contributed by atoms with Gasteiger partial charge in [-0.2, -0.15) is 0 Å². The van der Waals surface area contributed by atoms with Gasteiger partial charge in [-0.3, -0.25) is 0 Å². The van der Waals surface area contributed by atoms with E-state index in [4.69, 9.17) is 14.2 Å². The monoisotopic (exact) mass is 278 g/mol. The molecule has 0 aromatic rings. The maximum absolute atomic E-state index is 5.95. The molecule has 4 atom stereocenters. The van der Waals surface area contributed by atoms with Crippen molar-refractivity contribution >= 4 is 15.9 Å². The first-order valence-electron chi connectivity index (χ1n) is 5.80. The van der Waals surface area contributed by atoms with Crippen LogP contribution in [0.5, 0.6) is 0 Å². The third kappa shape index (κ3) is 2.93. The SMILES string of the molecule is CCCOC1C(Br)CC1OC1CCOC1. The zero-order valence-corrected chi connectivity index (χ0v) is 10.7. The minimum Gasteiger partial charge on any atom is -0.379 e. The Hall–Kier alpha value is 0.360. The van der Waals surface area contributed by atoms with Gasteiger partial charge in [-0.1, -0.05) is 22.9 Å². The van der Waals surface area contributed by atoms with Crippen molar-refractivity contribution in [2.24, 2.45) is 0 Å². The largest absolute Gasteiger partial charge is 0.379 e. The molecule has 0 amide bonds. The van der Waals surface area contributed by atoms with Crippen molar-refractivity contribution in [3.63, 3.8) is 0 Å². The molecule has 0 aromatic carbocycles. The molecule has 2 aliphatic rings. The molecule has 4 unspecified atom stereocenters. The van der Waals surface area contributed by atoms with Gasteiger partial charge >= 0.3 is 0 Å². The highest BCUT2D eigenvalue weighted by Gasteiger charge is 2.42. The quantitative estimate of drug-likeness (QED) is 0.721. The fourth-order valence-electron chi connectivity index (χ4n) is 1.99. The van der Waals surface area contributed by atoms with Crippen LogP contribution in [0.4, 0.5) is 0 Å². The molecule has 0 radical (unpaired) electrons. The van der Waals surface area contributed by atoms with Crippen molar-refractivity contribution in [1.82, 2.24) is 0 Å². The summed E-state index contributed by atoms with van der Waals surface area (Å²) in [5.74, 6) is 0. The summed E-state index contributed by atoms with van der Waals surface area (Å²) in [6.07, 6.45) is 3.96. The topological polar surface area (TPSA) is 27.7 Å². The predicted octanol–water partition coefficient (Wildman–Crippen LogP) is 2.12. The molecule has 88 valence electrons. The molecule has 4 heteroatoms. The van der Waals surface area contributed by atoms with E-state index in [-0.39, 0.29) is 12.2 Å². The Bertz CT molecular complexity index is 194. The highest BCUT2D eigenvalue weighted by molar-refractivity contribution is 9.09. The average molecular weight is 279 g/mol. The highest BCUT2D eigenvalue weighted by atomic mass is 79.9. The lowest BCUT2D eigenvalue weighted by atomic mass is 9.91. The van der Waals surface area contributed by atoms with Crippen molar-refractivity contribution in [1.29, 1.82) is 0 Å². The van der Waals surface area contributed by atoms with Gasteiger partial charge in [0.15, 0.2) is 0 Å². The minimum atomic E-state index is 0.241. The van der Waals surface area contributed by atoms with Crippen molar-refractivity contribution in [2.45, 2.75) is 49.3 Å². The van der Waals surface area contributed by atoms with Gasteiger partial charge in [0.25, 0.3) is 0 Å². The Morgan fingerprint density at radius 3 is 2.93 bits per heavy atom. The molecule has 1 saturated carbocycles. The third-order valence-corrected chi connectivity index (χ3v) is 3.84. The first-order chi connectivity index (χ1) is 7.31. The van der Waals surface area contributed by atoms with Gasteiger partial charge in [0.05, 0.1) is 24.9 Å². The molecular formula is C11H19BrO3. The summed E-state index contributed by atoms with van der Waals surface area (Å²) < 4.78 is 17.0.